The number of amides is 1. The Balaban J connectivity index is 1.25. The molecule has 1 fully saturated rings. The van der Waals surface area contributed by atoms with Crippen LogP contribution in [0.15, 0.2) is 51.9 Å². The fourth-order valence-electron chi connectivity index (χ4n) is 3.72. The second-order valence-corrected chi connectivity index (χ2v) is 10.3. The molecule has 1 amide bonds. The molecule has 3 aromatic rings. The van der Waals surface area contributed by atoms with Gasteiger partial charge in [0.25, 0.3) is 0 Å². The summed E-state index contributed by atoms with van der Waals surface area (Å²) in [5.41, 5.74) is 0.670. The van der Waals surface area contributed by atoms with Gasteiger partial charge in [0, 0.05) is 39.3 Å². The monoisotopic (exact) mass is 524 g/mol. The summed E-state index contributed by atoms with van der Waals surface area (Å²) < 4.78 is 5.43. The maximum absolute atomic E-state index is 12.7. The fourth-order valence-corrected chi connectivity index (χ4v) is 5.11. The summed E-state index contributed by atoms with van der Waals surface area (Å²) >= 11 is 19.8. The molecule has 174 valence electrons. The Morgan fingerprint density at radius 1 is 1.15 bits per heavy atom. The smallest absolute Gasteiger partial charge is 0.241 e. The number of piperidine rings is 1. The van der Waals surface area contributed by atoms with E-state index in [0.29, 0.717) is 47.0 Å². The van der Waals surface area contributed by atoms with Gasteiger partial charge in [-0.05, 0) is 61.9 Å². The minimum atomic E-state index is -0.0487. The number of halogens is 3. The molecule has 1 unspecified atom stereocenters. The van der Waals surface area contributed by atoms with Crippen LogP contribution in [0.2, 0.25) is 15.1 Å². The molecule has 0 spiro atoms. The number of nitrogens with one attached hydrogen (secondary N) is 1. The Kier molecular flexibility index (Phi) is 8.55. The fraction of sp³-hybridized carbons (Fsp3) is 0.348. The number of hydrogen-bond donors (Lipinski definition) is 1. The molecule has 10 heteroatoms. The molecule has 1 aliphatic rings. The summed E-state index contributed by atoms with van der Waals surface area (Å²) in [4.78, 5) is 20.4. The first-order chi connectivity index (χ1) is 16.0. The number of hydrogen-bond acceptors (Lipinski definition) is 6. The van der Waals surface area contributed by atoms with Crippen molar-refractivity contribution >= 4 is 52.5 Å². The van der Waals surface area contributed by atoms with Crippen molar-refractivity contribution < 1.29 is 9.32 Å². The zero-order chi connectivity index (χ0) is 23.2. The number of carbonyl (C=O) groups is 1. The maximum Gasteiger partial charge on any atom is 0.241 e. The molecular formula is C23H23Cl3N4O2S. The molecule has 1 saturated heterocycles. The molecule has 33 heavy (non-hydrogen) atoms. The van der Waals surface area contributed by atoms with Crippen LogP contribution >= 0.6 is 46.6 Å². The Bertz CT molecular complexity index is 1090. The summed E-state index contributed by atoms with van der Waals surface area (Å²) in [6.07, 6.45) is 1.82. The van der Waals surface area contributed by atoms with Crippen molar-refractivity contribution in [3.8, 4) is 11.4 Å². The molecule has 1 atom stereocenters. The van der Waals surface area contributed by atoms with Crippen LogP contribution in [0.1, 0.15) is 18.7 Å². The topological polar surface area (TPSA) is 71.3 Å². The average Bonchev–Trinajstić information content (AvgIpc) is 3.26. The summed E-state index contributed by atoms with van der Waals surface area (Å²) in [5.74, 6) is 1.78. The van der Waals surface area contributed by atoms with E-state index in [-0.39, 0.29) is 11.8 Å². The second-order valence-electron chi connectivity index (χ2n) is 7.80. The third-order valence-corrected chi connectivity index (χ3v) is 7.17. The van der Waals surface area contributed by atoms with Crippen molar-refractivity contribution in [2.45, 2.75) is 24.3 Å². The zero-order valence-corrected chi connectivity index (χ0v) is 20.9. The van der Waals surface area contributed by atoms with Gasteiger partial charge < -0.3 is 9.84 Å². The van der Waals surface area contributed by atoms with Crippen molar-refractivity contribution in [2.24, 2.45) is 5.92 Å². The Morgan fingerprint density at radius 3 is 2.73 bits per heavy atom. The van der Waals surface area contributed by atoms with Crippen LogP contribution in [0.3, 0.4) is 0 Å². The van der Waals surface area contributed by atoms with Crippen molar-refractivity contribution in [1.29, 1.82) is 0 Å². The predicted molar refractivity (Wildman–Crippen MR) is 133 cm³/mol. The van der Waals surface area contributed by atoms with Crippen LogP contribution < -0.4 is 5.32 Å². The predicted octanol–water partition coefficient (Wildman–Crippen LogP) is 5.82. The van der Waals surface area contributed by atoms with E-state index in [1.54, 1.807) is 30.0 Å². The lowest BCUT2D eigenvalue weighted by molar-refractivity contribution is -0.126. The van der Waals surface area contributed by atoms with E-state index in [1.807, 2.05) is 24.3 Å². The van der Waals surface area contributed by atoms with Crippen molar-refractivity contribution in [3.63, 3.8) is 0 Å². The highest BCUT2D eigenvalue weighted by Crippen LogP contribution is 2.29. The normalized spacial score (nSPS) is 16.6. The third-order valence-electron chi connectivity index (χ3n) is 5.36. The molecule has 6 nitrogen and oxygen atoms in total. The van der Waals surface area contributed by atoms with Gasteiger partial charge in [0.15, 0.2) is 0 Å². The first-order valence-electron chi connectivity index (χ1n) is 10.6. The Labute approximate surface area is 212 Å². The first-order valence-corrected chi connectivity index (χ1v) is 12.8. The molecule has 0 saturated carbocycles. The zero-order valence-electron chi connectivity index (χ0n) is 17.8. The number of thioether (sulfide) groups is 1. The van der Waals surface area contributed by atoms with Gasteiger partial charge in [-0.15, -0.1) is 11.8 Å². The van der Waals surface area contributed by atoms with Gasteiger partial charge in [-0.1, -0.05) is 40.0 Å². The highest BCUT2D eigenvalue weighted by Gasteiger charge is 2.27. The molecule has 1 aromatic heterocycles. The quantitative estimate of drug-likeness (QED) is 0.295. The molecule has 1 aliphatic heterocycles. The molecule has 1 N–H and O–H groups in total. The molecule has 2 heterocycles. The van der Waals surface area contributed by atoms with Crippen LogP contribution in [0.4, 0.5) is 0 Å². The van der Waals surface area contributed by atoms with Crippen LogP contribution in [0.5, 0.6) is 0 Å². The summed E-state index contributed by atoms with van der Waals surface area (Å²) in [6.45, 7) is 2.66. The van der Waals surface area contributed by atoms with E-state index >= 15 is 0 Å². The van der Waals surface area contributed by atoms with Crippen molar-refractivity contribution in [1.82, 2.24) is 20.4 Å². The summed E-state index contributed by atoms with van der Waals surface area (Å²) in [6, 6.07) is 12.9. The van der Waals surface area contributed by atoms with Crippen LogP contribution in [0, 0.1) is 5.92 Å². The molecule has 0 bridgehead atoms. The largest absolute Gasteiger partial charge is 0.355 e. The maximum atomic E-state index is 12.7. The summed E-state index contributed by atoms with van der Waals surface area (Å²) in [7, 11) is 0. The van der Waals surface area contributed by atoms with E-state index < -0.39 is 0 Å². The standard InChI is InChI=1S/C23H23Cl3N4O2S/c24-16-3-6-18(7-4-16)33-11-9-27-23(31)15-2-1-10-30(13-15)14-21-28-22(29-32-21)19-8-5-17(25)12-20(19)26/h3-8,12,15H,1-2,9-11,13-14H2,(H,27,31). The van der Waals surface area contributed by atoms with E-state index in [1.165, 1.54) is 0 Å². The number of likely N-dealkylation sites (tertiary alicyclic amines) is 1. The van der Waals surface area contributed by atoms with E-state index in [0.717, 1.165) is 35.1 Å². The average molecular weight is 526 g/mol. The number of benzene rings is 2. The Hall–Kier alpha value is -1.77. The number of rotatable bonds is 8. The lowest BCUT2D eigenvalue weighted by Gasteiger charge is -2.30. The van der Waals surface area contributed by atoms with Gasteiger partial charge in [-0.25, -0.2) is 0 Å². The minimum Gasteiger partial charge on any atom is -0.355 e. The van der Waals surface area contributed by atoms with E-state index in [4.69, 9.17) is 39.3 Å². The van der Waals surface area contributed by atoms with Gasteiger partial charge in [-0.2, -0.15) is 4.98 Å². The van der Waals surface area contributed by atoms with Gasteiger partial charge in [0.1, 0.15) is 0 Å². The number of aromatic nitrogens is 2. The number of carbonyl (C=O) groups excluding carboxylic acids is 1. The highest BCUT2D eigenvalue weighted by molar-refractivity contribution is 7.99. The van der Waals surface area contributed by atoms with Crippen molar-refractivity contribution in [2.75, 3.05) is 25.4 Å². The molecule has 0 radical (unpaired) electrons. The third kappa shape index (κ3) is 6.87. The molecule has 2 aromatic carbocycles. The van der Waals surface area contributed by atoms with Gasteiger partial charge in [0.2, 0.25) is 17.6 Å². The summed E-state index contributed by atoms with van der Waals surface area (Å²) in [5, 5.41) is 8.86. The number of nitrogens with zero attached hydrogens (tertiary/aromatic N) is 3. The second kappa shape index (κ2) is 11.6. The molecule has 0 aliphatic carbocycles. The van der Waals surface area contributed by atoms with Gasteiger partial charge in [0.05, 0.1) is 17.5 Å². The Morgan fingerprint density at radius 2 is 1.94 bits per heavy atom. The van der Waals surface area contributed by atoms with Crippen LogP contribution in [0.25, 0.3) is 11.4 Å². The first kappa shape index (κ1) is 24.4. The van der Waals surface area contributed by atoms with Crippen LogP contribution in [-0.4, -0.2) is 46.3 Å². The minimum absolute atomic E-state index is 0.0487. The lowest BCUT2D eigenvalue weighted by atomic mass is 9.97. The SMILES string of the molecule is O=C(NCCSc1ccc(Cl)cc1)C1CCCN(Cc2nc(-c3ccc(Cl)cc3Cl)no2)C1. The van der Waals surface area contributed by atoms with Crippen molar-refractivity contribution in [3.05, 3.63) is 63.4 Å². The van der Waals surface area contributed by atoms with E-state index in [9.17, 15) is 4.79 Å². The lowest BCUT2D eigenvalue weighted by Crippen LogP contribution is -2.43. The van der Waals surface area contributed by atoms with Gasteiger partial charge >= 0.3 is 0 Å². The highest BCUT2D eigenvalue weighted by atomic mass is 35.5. The van der Waals surface area contributed by atoms with E-state index in [2.05, 4.69) is 20.4 Å². The van der Waals surface area contributed by atoms with Crippen LogP contribution in [-0.2, 0) is 11.3 Å². The van der Waals surface area contributed by atoms with Gasteiger partial charge in [-0.3, -0.25) is 9.69 Å². The molecular weight excluding hydrogens is 503 g/mol. The molecule has 4 rings (SSSR count).